The number of aromatic hydroxyl groups is 1. The van der Waals surface area contributed by atoms with E-state index in [-0.39, 0.29) is 36.6 Å². The first-order valence-electron chi connectivity index (χ1n) is 7.05. The Hall–Kier alpha value is -1.22. The summed E-state index contributed by atoms with van der Waals surface area (Å²) in [5.74, 6) is -0.482. The van der Waals surface area contributed by atoms with Gasteiger partial charge in [-0.15, -0.1) is 25.6 Å². The number of halogens is 4. The largest absolute Gasteiger partial charge is 0.573 e. The average Bonchev–Trinajstić information content (AvgIpc) is 2.46. The van der Waals surface area contributed by atoms with Gasteiger partial charge in [0.05, 0.1) is 0 Å². The molecule has 3 N–H and O–H groups in total. The van der Waals surface area contributed by atoms with Crippen molar-refractivity contribution < 1.29 is 28.1 Å². The summed E-state index contributed by atoms with van der Waals surface area (Å²) < 4.78 is 40.9. The molecule has 1 aromatic rings. The van der Waals surface area contributed by atoms with Crippen LogP contribution in [0.25, 0.3) is 0 Å². The molecule has 2 rings (SSSR count). The predicted octanol–water partition coefficient (Wildman–Crippen LogP) is 2.04. The van der Waals surface area contributed by atoms with Crippen molar-refractivity contribution in [3.8, 4) is 11.5 Å². The normalized spacial score (nSPS) is 17.4. The fourth-order valence-electron chi connectivity index (χ4n) is 2.65. The van der Waals surface area contributed by atoms with Gasteiger partial charge in [0.2, 0.25) is 0 Å². The lowest BCUT2D eigenvalue weighted by Crippen LogP contribution is -2.45. The molecule has 5 nitrogen and oxygen atoms in total. The number of ether oxygens (including phenoxy) is 1. The number of phenols is 1. The van der Waals surface area contributed by atoms with Gasteiger partial charge in [-0.2, -0.15) is 0 Å². The highest BCUT2D eigenvalue weighted by Crippen LogP contribution is 2.35. The number of benzene rings is 1. The molecular weight excluding hydrogens is 337 g/mol. The molecule has 0 aliphatic carbocycles. The zero-order valence-electron chi connectivity index (χ0n) is 12.3. The second kappa shape index (κ2) is 8.58. The molecule has 0 amide bonds. The van der Waals surface area contributed by atoms with Crippen molar-refractivity contribution >= 4 is 12.4 Å². The van der Waals surface area contributed by atoms with Crippen LogP contribution in [0.1, 0.15) is 18.0 Å². The molecule has 1 fully saturated rings. The fourth-order valence-corrected chi connectivity index (χ4v) is 2.65. The van der Waals surface area contributed by atoms with Crippen molar-refractivity contribution in [1.29, 1.82) is 0 Å². The quantitative estimate of drug-likeness (QED) is 0.753. The van der Waals surface area contributed by atoms with E-state index in [9.17, 15) is 23.4 Å². The maximum absolute atomic E-state index is 12.3. The van der Waals surface area contributed by atoms with Gasteiger partial charge < -0.3 is 20.3 Å². The van der Waals surface area contributed by atoms with Gasteiger partial charge in [-0.25, -0.2) is 0 Å². The standard InChI is InChI=1S/C14H19F3N2O3.ClH/c15-14(16,17)22-10-1-2-13(21)11(9-10)12(3-8-20)19-6-4-18-5-7-19;/h1-2,9,12,18,20-21H,3-8H2;1H/t12-;/m0./s1. The van der Waals surface area contributed by atoms with Crippen LogP contribution in [0.3, 0.4) is 0 Å². The Labute approximate surface area is 138 Å². The number of aliphatic hydroxyl groups is 1. The fraction of sp³-hybridized carbons (Fsp3) is 0.571. The lowest BCUT2D eigenvalue weighted by molar-refractivity contribution is -0.274. The third-order valence-electron chi connectivity index (χ3n) is 3.59. The molecule has 132 valence electrons. The molecule has 0 unspecified atom stereocenters. The minimum absolute atomic E-state index is 0. The van der Waals surface area contributed by atoms with Crippen LogP contribution < -0.4 is 10.1 Å². The maximum Gasteiger partial charge on any atom is 0.573 e. The van der Waals surface area contributed by atoms with Crippen LogP contribution in [0.4, 0.5) is 13.2 Å². The van der Waals surface area contributed by atoms with Crippen LogP contribution in [-0.4, -0.2) is 54.3 Å². The zero-order chi connectivity index (χ0) is 16.2. The summed E-state index contributed by atoms with van der Waals surface area (Å²) in [6.07, 6.45) is -4.46. The van der Waals surface area contributed by atoms with Gasteiger partial charge in [0.1, 0.15) is 11.5 Å². The molecule has 1 aliphatic rings. The Morgan fingerprint density at radius 1 is 1.26 bits per heavy atom. The first kappa shape index (κ1) is 19.8. The Bertz CT molecular complexity index is 497. The number of piperazine rings is 1. The Balaban J connectivity index is 0.00000264. The summed E-state index contributed by atoms with van der Waals surface area (Å²) in [5, 5.41) is 22.4. The summed E-state index contributed by atoms with van der Waals surface area (Å²) >= 11 is 0. The molecule has 1 saturated heterocycles. The molecule has 9 heteroatoms. The molecular formula is C14H20ClF3N2O3. The number of nitrogens with one attached hydrogen (secondary N) is 1. The van der Waals surface area contributed by atoms with Crippen LogP contribution in [0.5, 0.6) is 11.5 Å². The number of hydrogen-bond donors (Lipinski definition) is 3. The van der Waals surface area contributed by atoms with Crippen LogP contribution >= 0.6 is 12.4 Å². The summed E-state index contributed by atoms with van der Waals surface area (Å²) in [4.78, 5) is 2.03. The van der Waals surface area contributed by atoms with E-state index < -0.39 is 6.36 Å². The molecule has 0 radical (unpaired) electrons. The van der Waals surface area contributed by atoms with E-state index in [4.69, 9.17) is 0 Å². The van der Waals surface area contributed by atoms with Gasteiger partial charge in [-0.05, 0) is 24.6 Å². The number of nitrogens with zero attached hydrogens (tertiary/aromatic N) is 1. The van der Waals surface area contributed by atoms with Crippen molar-refractivity contribution in [3.63, 3.8) is 0 Å². The monoisotopic (exact) mass is 356 g/mol. The van der Waals surface area contributed by atoms with Gasteiger partial charge in [0.25, 0.3) is 0 Å². The van der Waals surface area contributed by atoms with Crippen molar-refractivity contribution in [1.82, 2.24) is 10.2 Å². The number of hydrogen-bond acceptors (Lipinski definition) is 5. The summed E-state index contributed by atoms with van der Waals surface area (Å²) in [5.41, 5.74) is 0.331. The minimum atomic E-state index is -4.78. The second-order valence-electron chi connectivity index (χ2n) is 5.08. The van der Waals surface area contributed by atoms with Crippen molar-refractivity contribution in [3.05, 3.63) is 23.8 Å². The van der Waals surface area contributed by atoms with E-state index in [0.717, 1.165) is 19.2 Å². The minimum Gasteiger partial charge on any atom is -0.508 e. The molecule has 1 aromatic carbocycles. The van der Waals surface area contributed by atoms with Gasteiger partial charge >= 0.3 is 6.36 Å². The highest BCUT2D eigenvalue weighted by molar-refractivity contribution is 5.85. The van der Waals surface area contributed by atoms with Gasteiger partial charge in [0.15, 0.2) is 0 Å². The molecule has 0 bridgehead atoms. The van der Waals surface area contributed by atoms with Crippen molar-refractivity contribution in [2.24, 2.45) is 0 Å². The van der Waals surface area contributed by atoms with Crippen molar-refractivity contribution in [2.75, 3.05) is 32.8 Å². The molecule has 0 aromatic heterocycles. The van der Waals surface area contributed by atoms with Crippen molar-refractivity contribution in [2.45, 2.75) is 18.8 Å². The Morgan fingerprint density at radius 2 is 1.91 bits per heavy atom. The lowest BCUT2D eigenvalue weighted by Gasteiger charge is -2.35. The molecule has 0 saturated carbocycles. The van der Waals surface area contributed by atoms with Crippen LogP contribution in [0.2, 0.25) is 0 Å². The lowest BCUT2D eigenvalue weighted by atomic mass is 10.00. The number of rotatable bonds is 5. The second-order valence-corrected chi connectivity index (χ2v) is 5.08. The molecule has 1 atom stereocenters. The Kier molecular flexibility index (Phi) is 7.40. The highest BCUT2D eigenvalue weighted by Gasteiger charge is 2.32. The molecule has 1 aliphatic heterocycles. The van der Waals surface area contributed by atoms with Gasteiger partial charge in [-0.1, -0.05) is 0 Å². The van der Waals surface area contributed by atoms with E-state index in [0.29, 0.717) is 25.1 Å². The summed E-state index contributed by atoms with van der Waals surface area (Å²) in [6.45, 7) is 2.75. The van der Waals surface area contributed by atoms with E-state index in [1.165, 1.54) is 12.1 Å². The van der Waals surface area contributed by atoms with E-state index in [2.05, 4.69) is 10.1 Å². The number of aliphatic hydroxyl groups excluding tert-OH is 1. The van der Waals surface area contributed by atoms with Crippen LogP contribution in [-0.2, 0) is 0 Å². The third kappa shape index (κ3) is 5.72. The smallest absolute Gasteiger partial charge is 0.508 e. The van der Waals surface area contributed by atoms with Gasteiger partial charge in [-0.3, -0.25) is 4.90 Å². The average molecular weight is 357 g/mol. The number of alkyl halides is 3. The van der Waals surface area contributed by atoms with E-state index in [1.807, 2.05) is 4.90 Å². The maximum atomic E-state index is 12.3. The summed E-state index contributed by atoms with van der Waals surface area (Å²) in [6, 6.07) is 3.08. The predicted molar refractivity (Wildman–Crippen MR) is 80.9 cm³/mol. The third-order valence-corrected chi connectivity index (χ3v) is 3.59. The van der Waals surface area contributed by atoms with Crippen LogP contribution in [0, 0.1) is 0 Å². The summed E-state index contributed by atoms with van der Waals surface area (Å²) in [7, 11) is 0. The molecule has 0 spiro atoms. The topological polar surface area (TPSA) is 65.0 Å². The molecule has 23 heavy (non-hydrogen) atoms. The van der Waals surface area contributed by atoms with E-state index >= 15 is 0 Å². The number of phenolic OH excluding ortho intramolecular Hbond substituents is 1. The first-order valence-corrected chi connectivity index (χ1v) is 7.05. The highest BCUT2D eigenvalue weighted by atomic mass is 35.5. The van der Waals surface area contributed by atoms with Gasteiger partial charge in [0, 0.05) is 44.4 Å². The Morgan fingerprint density at radius 3 is 2.48 bits per heavy atom. The van der Waals surface area contributed by atoms with E-state index in [1.54, 1.807) is 0 Å². The van der Waals surface area contributed by atoms with Crippen LogP contribution in [0.15, 0.2) is 18.2 Å². The first-order chi connectivity index (χ1) is 10.4. The zero-order valence-corrected chi connectivity index (χ0v) is 13.2. The molecule has 1 heterocycles. The SMILES string of the molecule is Cl.OCC[C@@H](c1cc(OC(F)(F)F)ccc1O)N1CCNCC1.